The summed E-state index contributed by atoms with van der Waals surface area (Å²) in [5.74, 6) is -18.5. The van der Waals surface area contributed by atoms with Gasteiger partial charge in [-0.15, -0.1) is 0 Å². The molecule has 578 valence electrons. The number of carboxylic acid groups (broad SMARTS) is 2. The second-order valence-electron chi connectivity index (χ2n) is 25.4. The molecule has 0 bridgehead atoms. The van der Waals surface area contributed by atoms with E-state index in [4.69, 9.17) is 22.9 Å². The van der Waals surface area contributed by atoms with E-state index in [0.717, 1.165) is 0 Å². The minimum atomic E-state index is -2.08. The molecule has 4 aromatic carbocycles. The van der Waals surface area contributed by atoms with Gasteiger partial charge in [-0.3, -0.25) is 67.1 Å². The van der Waals surface area contributed by atoms with Crippen LogP contribution in [0.5, 0.6) is 5.75 Å². The molecule has 0 saturated carbocycles. The highest BCUT2D eigenvalue weighted by molar-refractivity contribution is 7.80. The van der Waals surface area contributed by atoms with Crippen molar-refractivity contribution in [2.75, 3.05) is 24.7 Å². The highest BCUT2D eigenvalue weighted by Crippen LogP contribution is 2.21. The predicted octanol–water partition coefficient (Wildman–Crippen LogP) is -4.25. The Hall–Kier alpha value is -11.2. The fourth-order valence-electron chi connectivity index (χ4n) is 10.9. The molecule has 5 aromatic rings. The van der Waals surface area contributed by atoms with Crippen LogP contribution in [-0.4, -0.2) is 211 Å². The van der Waals surface area contributed by atoms with Crippen LogP contribution in [0.1, 0.15) is 74.6 Å². The normalized spacial score (nSPS) is 14.5. The zero-order valence-electron chi connectivity index (χ0n) is 58.5. The predicted molar refractivity (Wildman–Crippen MR) is 393 cm³/mol. The van der Waals surface area contributed by atoms with Crippen molar-refractivity contribution in [2.24, 2.45) is 28.9 Å². The van der Waals surface area contributed by atoms with Crippen molar-refractivity contribution in [3.8, 4) is 5.75 Å². The van der Waals surface area contributed by atoms with Gasteiger partial charge in [0.15, 0.2) is 0 Å². The average Bonchev–Trinajstić information content (AvgIpc) is 1.76. The highest BCUT2D eigenvalue weighted by atomic mass is 32.1. The number of unbranched alkanes of at least 4 members (excludes halogenated alkanes) is 1. The fraction of sp³-hybridized carbons (Fsp3) is 0.414. The molecule has 0 spiro atoms. The number of carbonyl (C=O) groups is 15. The van der Waals surface area contributed by atoms with Crippen LogP contribution in [0.4, 0.5) is 0 Å². The largest absolute Gasteiger partial charge is 0.508 e. The van der Waals surface area contributed by atoms with Gasteiger partial charge >= 0.3 is 11.9 Å². The number of aliphatic carboxylic acids is 2. The van der Waals surface area contributed by atoms with Crippen molar-refractivity contribution in [3.63, 3.8) is 0 Å². The highest BCUT2D eigenvalue weighted by Gasteiger charge is 2.38. The summed E-state index contributed by atoms with van der Waals surface area (Å²) >= 11 is 8.50. The number of nitrogens with one attached hydrogen (secondary N) is 12. The van der Waals surface area contributed by atoms with Crippen molar-refractivity contribution in [1.29, 1.82) is 0 Å². The lowest BCUT2D eigenvalue weighted by Gasteiger charge is -2.28. The summed E-state index contributed by atoms with van der Waals surface area (Å²) in [7, 11) is 0. The Labute approximate surface area is 625 Å². The van der Waals surface area contributed by atoms with Gasteiger partial charge in [-0.2, -0.15) is 25.3 Å². The Kier molecular flexibility index (Phi) is 35.0. The average molecular weight is 1530 g/mol. The number of thiol groups is 2. The van der Waals surface area contributed by atoms with Crippen molar-refractivity contribution in [3.05, 3.63) is 138 Å². The number of aliphatic hydroxyl groups excluding tert-OH is 1. The first-order chi connectivity index (χ1) is 50.8. The Bertz CT molecular complexity index is 3930. The number of hydrogen-bond donors (Lipinski definition) is 22. The zero-order valence-corrected chi connectivity index (χ0v) is 60.3. The summed E-state index contributed by atoms with van der Waals surface area (Å²) in [4.78, 5) is 207. The van der Waals surface area contributed by atoms with E-state index in [2.05, 4.69) is 88.7 Å². The summed E-state index contributed by atoms with van der Waals surface area (Å²) in [5, 5.41) is 67.8. The number of aromatic hydroxyl groups is 1. The van der Waals surface area contributed by atoms with Gasteiger partial charge in [-0.1, -0.05) is 105 Å². The van der Waals surface area contributed by atoms with Crippen LogP contribution in [-0.2, 0) is 97.6 Å². The Morgan fingerprint density at radius 1 is 0.430 bits per heavy atom. The number of benzene rings is 4. The Morgan fingerprint density at radius 2 is 0.804 bits per heavy atom. The second-order valence-corrected chi connectivity index (χ2v) is 26.1. The van der Waals surface area contributed by atoms with Crippen LogP contribution < -0.4 is 81.4 Å². The van der Waals surface area contributed by atoms with Gasteiger partial charge in [0.1, 0.15) is 72.2 Å². The topological polar surface area (TPSA) is 589 Å². The number of carboxylic acids is 2. The van der Waals surface area contributed by atoms with Crippen LogP contribution in [0.15, 0.2) is 115 Å². The molecular weight excluding hydrogens is 1430 g/mol. The molecule has 0 saturated heterocycles. The maximum atomic E-state index is 15.1. The molecule has 0 fully saturated rings. The molecule has 0 radical (unpaired) electrons. The number of phenols is 1. The quantitative estimate of drug-likeness (QED) is 0.0130. The molecule has 107 heavy (non-hydrogen) atoms. The van der Waals surface area contributed by atoms with Crippen LogP contribution in [0.2, 0.25) is 0 Å². The first-order valence-corrected chi connectivity index (χ1v) is 35.2. The number of amides is 13. The minimum absolute atomic E-state index is 0.0913. The fourth-order valence-corrected chi connectivity index (χ4v) is 11.4. The van der Waals surface area contributed by atoms with E-state index >= 15 is 9.59 Å². The lowest BCUT2D eigenvalue weighted by molar-refractivity contribution is -0.143. The maximum Gasteiger partial charge on any atom is 0.326 e. The number of aromatic nitrogens is 1. The van der Waals surface area contributed by atoms with E-state index < -0.39 is 199 Å². The molecule has 13 amide bonds. The summed E-state index contributed by atoms with van der Waals surface area (Å²) in [6, 6.07) is 8.92. The molecule has 0 aliphatic rings. The van der Waals surface area contributed by atoms with E-state index in [1.807, 2.05) is 0 Å². The van der Waals surface area contributed by atoms with Gasteiger partial charge in [0.2, 0.25) is 76.8 Å². The standard InChI is InChI=1S/C70H92N16O19S2/c1-36(2)58(70(104)105)86-69(103)54(35-107)85-63(97)48(27-39-20-22-41(88)23-21-39)78-60(94)45(19-11-12-24-71)76-64(98)49(28-40-32-75-44-18-10-9-17-42(40)44)81-61(95)46(25-37-13-5-3-6-14-37)80-68(102)53(34-106)84-66(100)51(31-57(91)92)82-67(101)52(33-87)83-62(96)47(26-38-15-7-4-8-16-38)79-65(99)50(30-56(74)90)77-59(93)43(72)29-55(73)89/h3-10,13-18,20-23,32,36,43,45-54,58,75,87-88,106-107H,11-12,19,24-31,33-35,71-72H2,1-2H3,(H2,73,89)(H2,74,90)(H,76,98)(H,77,93)(H,78,94)(H,79,99)(H,80,102)(H,81,95)(H,82,101)(H,83,96)(H,84,100)(H,85,97)(H,86,103)(H,91,92)(H,104,105)/t43-,45-,46-,47-,48-,49-,50-,51-,52-,53-,54-,58-/m0/s1. The van der Waals surface area contributed by atoms with Crippen molar-refractivity contribution in [2.45, 2.75) is 151 Å². The van der Waals surface area contributed by atoms with Gasteiger partial charge in [0.05, 0.1) is 31.9 Å². The number of aromatic amines is 1. The molecule has 0 aliphatic carbocycles. The number of H-pyrrole nitrogens is 1. The minimum Gasteiger partial charge on any atom is -0.508 e. The molecule has 1 heterocycles. The van der Waals surface area contributed by atoms with E-state index in [9.17, 15) is 82.8 Å². The molecule has 1 aromatic heterocycles. The number of carbonyl (C=O) groups excluding carboxylic acids is 13. The van der Waals surface area contributed by atoms with Gasteiger partial charge in [-0.05, 0) is 72.2 Å². The van der Waals surface area contributed by atoms with E-state index in [1.54, 1.807) is 105 Å². The van der Waals surface area contributed by atoms with Crippen molar-refractivity contribution in [1.82, 2.24) is 63.5 Å². The zero-order chi connectivity index (χ0) is 79.0. The van der Waals surface area contributed by atoms with E-state index in [-0.39, 0.29) is 56.6 Å². The number of aliphatic hydroxyl groups is 1. The van der Waals surface area contributed by atoms with E-state index in [0.29, 0.717) is 39.6 Å². The van der Waals surface area contributed by atoms with Crippen LogP contribution in [0.3, 0.4) is 0 Å². The van der Waals surface area contributed by atoms with Crippen LogP contribution in [0.25, 0.3) is 10.9 Å². The number of fused-ring (bicyclic) bond motifs is 1. The lowest BCUT2D eigenvalue weighted by atomic mass is 10.0. The monoisotopic (exact) mass is 1520 g/mol. The number of rotatable bonds is 45. The Balaban J connectivity index is 1.42. The number of phenolic OH excluding ortho intramolecular Hbond substituents is 1. The van der Waals surface area contributed by atoms with Crippen molar-refractivity contribution < 1.29 is 92.3 Å². The number of nitrogens with two attached hydrogens (primary N) is 4. The third-order valence-electron chi connectivity index (χ3n) is 16.6. The molecular formula is C70H92N16O19S2. The SMILES string of the molecule is CC(C)[C@H](NC(=O)[C@H](CS)NC(=O)[C@H](Cc1ccc(O)cc1)NC(=O)[C@H](CCCCN)NC(=O)[C@H](Cc1c[nH]c2ccccc12)NC(=O)[C@H](Cc1ccccc1)NC(=O)[C@H](CS)NC(=O)[C@H](CC(=O)O)NC(=O)[C@H](CO)NC(=O)[C@H](Cc1ccccc1)NC(=O)[C@H](CC(N)=O)NC(=O)[C@@H](N)CC(N)=O)C(=O)O. The molecule has 37 heteroatoms. The van der Waals surface area contributed by atoms with Crippen LogP contribution >= 0.6 is 25.3 Å². The molecule has 35 nitrogen and oxygen atoms in total. The summed E-state index contributed by atoms with van der Waals surface area (Å²) in [5.41, 5.74) is 24.5. The lowest BCUT2D eigenvalue weighted by Crippen LogP contribution is -2.62. The van der Waals surface area contributed by atoms with Gasteiger partial charge in [-0.25, -0.2) is 4.79 Å². The summed E-state index contributed by atoms with van der Waals surface area (Å²) in [6.45, 7) is 2.08. The molecule has 0 unspecified atom stereocenters. The van der Waals surface area contributed by atoms with Gasteiger partial charge < -0.3 is 107 Å². The first kappa shape index (κ1) is 86.5. The third kappa shape index (κ3) is 28.3. The smallest absolute Gasteiger partial charge is 0.326 e. The number of para-hydroxylation sites is 1. The molecule has 0 aliphatic heterocycles. The maximum absolute atomic E-state index is 15.1. The third-order valence-corrected chi connectivity index (χ3v) is 17.4. The van der Waals surface area contributed by atoms with Gasteiger partial charge in [0, 0.05) is 54.3 Å². The van der Waals surface area contributed by atoms with Gasteiger partial charge in [0.25, 0.3) is 0 Å². The summed E-state index contributed by atoms with van der Waals surface area (Å²) < 4.78 is 0. The number of primary amides is 2. The first-order valence-electron chi connectivity index (χ1n) is 33.9. The second kappa shape index (κ2) is 43.3. The molecule has 5 rings (SSSR count). The summed E-state index contributed by atoms with van der Waals surface area (Å²) in [6.07, 6.45) is -1.71. The van der Waals surface area contributed by atoms with E-state index in [1.165, 1.54) is 24.3 Å². The molecule has 12 atom stereocenters. The molecule has 24 N–H and O–H groups in total. The Morgan fingerprint density at radius 3 is 1.25 bits per heavy atom. The van der Waals surface area contributed by atoms with Crippen molar-refractivity contribution >= 4 is 125 Å². The van der Waals surface area contributed by atoms with Crippen LogP contribution in [0, 0.1) is 5.92 Å². The number of hydrogen-bond acceptors (Lipinski definition) is 21.